The third-order valence-corrected chi connectivity index (χ3v) is 4.05. The van der Waals surface area contributed by atoms with E-state index in [-0.39, 0.29) is 5.91 Å². The van der Waals surface area contributed by atoms with Crippen molar-refractivity contribution in [3.8, 4) is 0 Å². The molecule has 1 heterocycles. The van der Waals surface area contributed by atoms with E-state index in [2.05, 4.69) is 12.2 Å². The molecule has 1 rings (SSSR count). The van der Waals surface area contributed by atoms with Crippen molar-refractivity contribution in [3.63, 3.8) is 0 Å². The van der Waals surface area contributed by atoms with Gasteiger partial charge < -0.3 is 9.73 Å². The Hall–Kier alpha value is -1.25. The van der Waals surface area contributed by atoms with Crippen molar-refractivity contribution in [2.24, 2.45) is 0 Å². The third kappa shape index (κ3) is 10.5. The molecule has 126 valence electrons. The minimum atomic E-state index is 0.132. The second-order valence-electron chi connectivity index (χ2n) is 6.14. The summed E-state index contributed by atoms with van der Waals surface area (Å²) in [5, 5.41) is 2.89. The van der Waals surface area contributed by atoms with Crippen LogP contribution >= 0.6 is 0 Å². The van der Waals surface area contributed by atoms with Gasteiger partial charge in [0.15, 0.2) is 0 Å². The van der Waals surface area contributed by atoms with Crippen LogP contribution in [0.1, 0.15) is 89.7 Å². The maximum Gasteiger partial charge on any atom is 0.220 e. The molecule has 0 unspecified atom stereocenters. The summed E-state index contributed by atoms with van der Waals surface area (Å²) in [5.41, 5.74) is 0. The summed E-state index contributed by atoms with van der Waals surface area (Å²) >= 11 is 0. The zero-order valence-corrected chi connectivity index (χ0v) is 14.2. The van der Waals surface area contributed by atoms with Crippen molar-refractivity contribution in [1.29, 1.82) is 0 Å². The molecule has 1 N–H and O–H groups in total. The van der Waals surface area contributed by atoms with Crippen LogP contribution < -0.4 is 5.32 Å². The number of carbonyl (C=O) groups is 1. The van der Waals surface area contributed by atoms with E-state index in [4.69, 9.17) is 4.42 Å². The van der Waals surface area contributed by atoms with Crippen LogP contribution in [0.15, 0.2) is 22.8 Å². The molecule has 0 aliphatic heterocycles. The first-order valence-electron chi connectivity index (χ1n) is 9.12. The number of furan rings is 1. The summed E-state index contributed by atoms with van der Waals surface area (Å²) in [7, 11) is 0. The van der Waals surface area contributed by atoms with Crippen molar-refractivity contribution >= 4 is 5.91 Å². The normalized spacial score (nSPS) is 10.8. The molecule has 3 heteroatoms. The molecule has 0 radical (unpaired) electrons. The maximum atomic E-state index is 11.6. The van der Waals surface area contributed by atoms with Gasteiger partial charge in [-0.15, -0.1) is 0 Å². The smallest absolute Gasteiger partial charge is 0.220 e. The van der Waals surface area contributed by atoms with E-state index >= 15 is 0 Å². The Morgan fingerprint density at radius 3 is 2.09 bits per heavy atom. The number of amides is 1. The van der Waals surface area contributed by atoms with Crippen LogP contribution in [0.25, 0.3) is 0 Å². The Morgan fingerprint density at radius 2 is 1.55 bits per heavy atom. The number of hydrogen-bond donors (Lipinski definition) is 1. The first-order chi connectivity index (χ1) is 10.8. The minimum Gasteiger partial charge on any atom is -0.467 e. The largest absolute Gasteiger partial charge is 0.467 e. The zero-order chi connectivity index (χ0) is 15.9. The highest BCUT2D eigenvalue weighted by Gasteiger charge is 2.02. The summed E-state index contributed by atoms with van der Waals surface area (Å²) in [5.74, 6) is 0.944. The number of rotatable bonds is 14. The lowest BCUT2D eigenvalue weighted by Crippen LogP contribution is -2.21. The van der Waals surface area contributed by atoms with Gasteiger partial charge in [-0.2, -0.15) is 0 Å². The Morgan fingerprint density at radius 1 is 0.955 bits per heavy atom. The molecule has 0 saturated carbocycles. The van der Waals surface area contributed by atoms with Crippen LogP contribution in [0, 0.1) is 0 Å². The molecule has 0 atom stereocenters. The topological polar surface area (TPSA) is 42.2 Å². The molecule has 0 fully saturated rings. The molecule has 1 aromatic heterocycles. The zero-order valence-electron chi connectivity index (χ0n) is 14.2. The molecule has 0 aromatic carbocycles. The Kier molecular flexibility index (Phi) is 11.5. The molecule has 22 heavy (non-hydrogen) atoms. The van der Waals surface area contributed by atoms with Crippen LogP contribution in [-0.2, 0) is 11.3 Å². The van der Waals surface area contributed by atoms with Crippen LogP contribution in [-0.4, -0.2) is 5.91 Å². The summed E-state index contributed by atoms with van der Waals surface area (Å²) in [6.07, 6.45) is 16.7. The van der Waals surface area contributed by atoms with E-state index in [0.717, 1.165) is 12.2 Å². The van der Waals surface area contributed by atoms with Gasteiger partial charge in [-0.05, 0) is 18.6 Å². The van der Waals surface area contributed by atoms with Gasteiger partial charge in [-0.1, -0.05) is 71.1 Å². The van der Waals surface area contributed by atoms with Crippen molar-refractivity contribution in [3.05, 3.63) is 24.2 Å². The molecule has 3 nitrogen and oxygen atoms in total. The highest BCUT2D eigenvalue weighted by Crippen LogP contribution is 2.11. The van der Waals surface area contributed by atoms with Crippen molar-refractivity contribution in [1.82, 2.24) is 5.32 Å². The predicted octanol–water partition coefficient (Wildman–Crippen LogP) is 5.60. The van der Waals surface area contributed by atoms with Gasteiger partial charge in [0.25, 0.3) is 0 Å². The minimum absolute atomic E-state index is 0.132. The molecule has 0 spiro atoms. The van der Waals surface area contributed by atoms with Gasteiger partial charge in [0, 0.05) is 6.42 Å². The fraction of sp³-hybridized carbons (Fsp3) is 0.737. The van der Waals surface area contributed by atoms with Crippen molar-refractivity contribution in [2.75, 3.05) is 0 Å². The SMILES string of the molecule is CCCCCCCCCCCCCC(=O)NCc1ccco1. The first kappa shape index (κ1) is 18.8. The molecular weight excluding hydrogens is 274 g/mol. The summed E-state index contributed by atoms with van der Waals surface area (Å²) in [4.78, 5) is 11.6. The van der Waals surface area contributed by atoms with E-state index in [9.17, 15) is 4.79 Å². The lowest BCUT2D eigenvalue weighted by atomic mass is 10.1. The van der Waals surface area contributed by atoms with Crippen LogP contribution in [0.5, 0.6) is 0 Å². The van der Waals surface area contributed by atoms with E-state index in [1.165, 1.54) is 64.2 Å². The molecule has 1 amide bonds. The van der Waals surface area contributed by atoms with E-state index in [0.29, 0.717) is 13.0 Å². The van der Waals surface area contributed by atoms with E-state index in [1.807, 2.05) is 12.1 Å². The number of nitrogens with one attached hydrogen (secondary N) is 1. The fourth-order valence-corrected chi connectivity index (χ4v) is 2.64. The van der Waals surface area contributed by atoms with Crippen molar-refractivity contribution in [2.45, 2.75) is 90.5 Å². The highest BCUT2D eigenvalue weighted by atomic mass is 16.3. The maximum absolute atomic E-state index is 11.6. The monoisotopic (exact) mass is 307 g/mol. The first-order valence-corrected chi connectivity index (χ1v) is 9.12. The molecule has 0 saturated heterocycles. The Bertz CT molecular complexity index is 360. The summed E-state index contributed by atoms with van der Waals surface area (Å²) < 4.78 is 5.18. The van der Waals surface area contributed by atoms with E-state index in [1.54, 1.807) is 6.26 Å². The lowest BCUT2D eigenvalue weighted by molar-refractivity contribution is -0.121. The second kappa shape index (κ2) is 13.4. The van der Waals surface area contributed by atoms with Gasteiger partial charge >= 0.3 is 0 Å². The van der Waals surface area contributed by atoms with Gasteiger partial charge in [0.2, 0.25) is 5.91 Å². The number of hydrogen-bond acceptors (Lipinski definition) is 2. The average Bonchev–Trinajstić information content (AvgIpc) is 3.04. The quantitative estimate of drug-likeness (QED) is 0.455. The van der Waals surface area contributed by atoms with Crippen molar-refractivity contribution < 1.29 is 9.21 Å². The standard InChI is InChI=1S/C19H33NO2/c1-2-3-4-5-6-7-8-9-10-11-12-15-19(21)20-17-18-14-13-16-22-18/h13-14,16H,2-12,15,17H2,1H3,(H,20,21). The molecule has 0 aliphatic carbocycles. The average molecular weight is 307 g/mol. The van der Waals surface area contributed by atoms with Crippen LogP contribution in [0.2, 0.25) is 0 Å². The Labute approximate surface area is 135 Å². The van der Waals surface area contributed by atoms with Crippen LogP contribution in [0.3, 0.4) is 0 Å². The molecule has 0 bridgehead atoms. The van der Waals surface area contributed by atoms with Gasteiger partial charge in [0.1, 0.15) is 5.76 Å². The second-order valence-corrected chi connectivity index (χ2v) is 6.14. The summed E-state index contributed by atoms with van der Waals surface area (Å²) in [6.45, 7) is 2.77. The Balaban J connectivity index is 1.80. The fourth-order valence-electron chi connectivity index (χ4n) is 2.64. The third-order valence-electron chi connectivity index (χ3n) is 4.05. The number of carbonyl (C=O) groups excluding carboxylic acids is 1. The number of unbranched alkanes of at least 4 members (excludes halogenated alkanes) is 10. The van der Waals surface area contributed by atoms with Gasteiger partial charge in [0.05, 0.1) is 12.8 Å². The molecule has 1 aromatic rings. The summed E-state index contributed by atoms with van der Waals surface area (Å²) in [6, 6.07) is 3.72. The van der Waals surface area contributed by atoms with Gasteiger partial charge in [-0.3, -0.25) is 4.79 Å². The van der Waals surface area contributed by atoms with E-state index < -0.39 is 0 Å². The predicted molar refractivity (Wildman–Crippen MR) is 91.6 cm³/mol. The van der Waals surface area contributed by atoms with Gasteiger partial charge in [-0.25, -0.2) is 0 Å². The highest BCUT2D eigenvalue weighted by molar-refractivity contribution is 5.75. The lowest BCUT2D eigenvalue weighted by Gasteiger charge is -2.04. The molecular formula is C19H33NO2. The molecule has 0 aliphatic rings. The van der Waals surface area contributed by atoms with Crippen LogP contribution in [0.4, 0.5) is 0 Å².